The van der Waals surface area contributed by atoms with Crippen LogP contribution in [-0.2, 0) is 33.2 Å². The van der Waals surface area contributed by atoms with Gasteiger partial charge in [0, 0.05) is 6.42 Å². The Morgan fingerprint density at radius 2 is 0.818 bits per heavy atom. The number of amides is 1. The molecule has 3 fully saturated rings. The number of aliphatic hydroxyl groups is 11. The summed E-state index contributed by atoms with van der Waals surface area (Å²) in [6.07, 6.45) is 15.8. The van der Waals surface area contributed by atoms with E-state index in [2.05, 4.69) is 31.3 Å². The van der Waals surface area contributed by atoms with E-state index in [1.807, 2.05) is 6.08 Å². The molecule has 0 aromatic heterocycles. The van der Waals surface area contributed by atoms with Crippen molar-refractivity contribution >= 4 is 5.91 Å². The molecule has 19 heteroatoms. The van der Waals surface area contributed by atoms with Crippen LogP contribution in [0.3, 0.4) is 0 Å². The van der Waals surface area contributed by atoms with Crippen LogP contribution >= 0.6 is 0 Å². The quantitative estimate of drug-likeness (QED) is 0.0277. The molecule has 12 N–H and O–H groups in total. The van der Waals surface area contributed by atoms with Gasteiger partial charge in [-0.05, 0) is 44.9 Å². The van der Waals surface area contributed by atoms with E-state index in [0.717, 1.165) is 57.8 Å². The molecule has 17 unspecified atom stereocenters. The van der Waals surface area contributed by atoms with Crippen LogP contribution in [0.1, 0.15) is 206 Å². The first-order valence-corrected chi connectivity index (χ1v) is 30.1. The molecule has 3 saturated heterocycles. The number of carbonyl (C=O) groups is 1. The molecule has 0 aromatic carbocycles. The first-order valence-electron chi connectivity index (χ1n) is 30.1. The molecule has 3 rings (SSSR count). The molecule has 0 aromatic rings. The predicted molar refractivity (Wildman–Crippen MR) is 291 cm³/mol. The highest BCUT2D eigenvalue weighted by Crippen LogP contribution is 2.33. The summed E-state index contributed by atoms with van der Waals surface area (Å²) in [7, 11) is 0. The van der Waals surface area contributed by atoms with Gasteiger partial charge in [-0.3, -0.25) is 4.79 Å². The number of hydrogen-bond acceptors (Lipinski definition) is 18. The molecule has 1 amide bonds. The third-order valence-corrected chi connectivity index (χ3v) is 15.2. The molecule has 0 bridgehead atoms. The summed E-state index contributed by atoms with van der Waals surface area (Å²) in [6, 6.07) is -0.972. The number of carbonyl (C=O) groups excluding carboxylic acids is 1. The summed E-state index contributed by atoms with van der Waals surface area (Å²) in [6.45, 7) is 1.71. The summed E-state index contributed by atoms with van der Waals surface area (Å²) in [5.74, 6) is -0.280. The van der Waals surface area contributed by atoms with Gasteiger partial charge in [0.15, 0.2) is 18.9 Å². The summed E-state index contributed by atoms with van der Waals surface area (Å²) in [5.41, 5.74) is 0. The van der Waals surface area contributed by atoms with Gasteiger partial charge in [-0.25, -0.2) is 0 Å². The number of unbranched alkanes of at least 4 members (excludes halogenated alkanes) is 26. The van der Waals surface area contributed by atoms with Crippen molar-refractivity contribution in [3.8, 4) is 0 Å². The van der Waals surface area contributed by atoms with Crippen LogP contribution in [0, 0.1) is 0 Å². The Morgan fingerprint density at radius 3 is 1.26 bits per heavy atom. The predicted octanol–water partition coefficient (Wildman–Crippen LogP) is 5.15. The van der Waals surface area contributed by atoms with Crippen molar-refractivity contribution in [2.24, 2.45) is 0 Å². The average molecular weight is 1110 g/mol. The molecule has 19 nitrogen and oxygen atoms in total. The fraction of sp³-hybridized carbons (Fsp3) is 0.914. The molecular formula is C58H107NO18. The second kappa shape index (κ2) is 42.1. The van der Waals surface area contributed by atoms with E-state index < -0.39 is 124 Å². The fourth-order valence-electron chi connectivity index (χ4n) is 10.2. The van der Waals surface area contributed by atoms with Gasteiger partial charge < -0.3 is 89.9 Å². The Bertz CT molecular complexity index is 1510. The monoisotopic (exact) mass is 1110 g/mol. The molecule has 3 heterocycles. The van der Waals surface area contributed by atoms with Crippen LogP contribution in [0.2, 0.25) is 0 Å². The summed E-state index contributed by atoms with van der Waals surface area (Å²) in [4.78, 5) is 13.3. The van der Waals surface area contributed by atoms with E-state index >= 15 is 0 Å². The Kier molecular flexibility index (Phi) is 38.1. The molecule has 452 valence electrons. The first kappa shape index (κ1) is 69.5. The van der Waals surface area contributed by atoms with Crippen molar-refractivity contribution in [2.75, 3.05) is 26.4 Å². The summed E-state index contributed by atoms with van der Waals surface area (Å²) in [5, 5.41) is 120. The van der Waals surface area contributed by atoms with E-state index in [-0.39, 0.29) is 18.9 Å². The van der Waals surface area contributed by atoms with Crippen molar-refractivity contribution in [2.45, 2.75) is 311 Å². The Labute approximate surface area is 460 Å². The second-order valence-electron chi connectivity index (χ2n) is 21.8. The lowest BCUT2D eigenvalue weighted by molar-refractivity contribution is -0.379. The number of aliphatic hydroxyl groups excluding tert-OH is 11. The fourth-order valence-corrected chi connectivity index (χ4v) is 10.2. The third kappa shape index (κ3) is 26.4. The second-order valence-corrected chi connectivity index (χ2v) is 21.8. The largest absolute Gasteiger partial charge is 0.394 e. The summed E-state index contributed by atoms with van der Waals surface area (Å²) < 4.78 is 34.2. The lowest BCUT2D eigenvalue weighted by Gasteiger charge is -2.48. The lowest BCUT2D eigenvalue weighted by atomic mass is 9.96. The molecule has 77 heavy (non-hydrogen) atoms. The van der Waals surface area contributed by atoms with Gasteiger partial charge in [0.05, 0.1) is 38.6 Å². The maximum absolute atomic E-state index is 13.3. The maximum atomic E-state index is 13.3. The molecule has 0 aliphatic carbocycles. The van der Waals surface area contributed by atoms with Crippen LogP contribution < -0.4 is 5.32 Å². The van der Waals surface area contributed by atoms with Gasteiger partial charge in [-0.15, -0.1) is 0 Å². The van der Waals surface area contributed by atoms with Crippen molar-refractivity contribution < 1.29 is 89.4 Å². The topological polar surface area (TPSA) is 307 Å². The van der Waals surface area contributed by atoms with Gasteiger partial charge in [0.25, 0.3) is 0 Å². The molecule has 17 atom stereocenters. The van der Waals surface area contributed by atoms with Crippen molar-refractivity contribution in [1.82, 2.24) is 5.32 Å². The van der Waals surface area contributed by atoms with Crippen LogP contribution in [0.25, 0.3) is 0 Å². The lowest BCUT2D eigenvalue weighted by Crippen LogP contribution is -2.66. The average Bonchev–Trinajstić information content (AvgIpc) is 3.44. The van der Waals surface area contributed by atoms with Crippen molar-refractivity contribution in [1.29, 1.82) is 0 Å². The number of rotatable bonds is 44. The Balaban J connectivity index is 1.51. The van der Waals surface area contributed by atoms with Gasteiger partial charge in [-0.2, -0.15) is 0 Å². The van der Waals surface area contributed by atoms with Crippen LogP contribution in [0.15, 0.2) is 24.3 Å². The highest BCUT2D eigenvalue weighted by molar-refractivity contribution is 5.76. The van der Waals surface area contributed by atoms with E-state index in [9.17, 15) is 61.0 Å². The zero-order valence-electron chi connectivity index (χ0n) is 46.9. The Morgan fingerprint density at radius 1 is 0.455 bits per heavy atom. The van der Waals surface area contributed by atoms with E-state index in [0.29, 0.717) is 6.42 Å². The SMILES string of the molecule is CCCCCCCC/C=C\CCCCCCCCCC(=O)NC(COC1OC(CO)C(OC2OC(CO)C(OC3OC(CO)C(O)C(O)C3O)C(O)C2O)C(O)C1O)C(O)/C=C/CCCCCCCCCCCCCCC. The van der Waals surface area contributed by atoms with Gasteiger partial charge >= 0.3 is 0 Å². The molecule has 3 aliphatic rings. The number of hydrogen-bond donors (Lipinski definition) is 12. The molecule has 0 saturated carbocycles. The van der Waals surface area contributed by atoms with E-state index in [1.54, 1.807) is 6.08 Å². The van der Waals surface area contributed by atoms with Crippen molar-refractivity contribution in [3.05, 3.63) is 24.3 Å². The van der Waals surface area contributed by atoms with Crippen LogP contribution in [0.4, 0.5) is 0 Å². The molecule has 0 radical (unpaired) electrons. The van der Waals surface area contributed by atoms with Crippen molar-refractivity contribution in [3.63, 3.8) is 0 Å². The molecule has 0 spiro atoms. The number of ether oxygens (including phenoxy) is 6. The standard InChI is InChI=1S/C58H107NO18/c1-3-5-7-9-11-13-15-17-19-20-22-24-26-28-30-32-34-36-46(64)59-41(42(63)35-33-31-29-27-25-23-21-18-16-14-12-10-8-6-4-2)40-72-56-52(70)49(67)54(44(38-61)74-56)77-58-53(71)50(68)55(45(39-62)75-58)76-57-51(69)48(66)47(65)43(37-60)73-57/h17,19,33,35,41-45,47-58,60-63,65-71H,3-16,18,20-32,34,36-40H2,1-2H3,(H,59,64)/b19-17-,35-33+. The van der Waals surface area contributed by atoms with Crippen LogP contribution in [-0.4, -0.2) is 193 Å². The van der Waals surface area contributed by atoms with Crippen LogP contribution in [0.5, 0.6) is 0 Å². The van der Waals surface area contributed by atoms with Gasteiger partial charge in [0.2, 0.25) is 5.91 Å². The minimum absolute atomic E-state index is 0.240. The zero-order valence-corrected chi connectivity index (χ0v) is 46.9. The molecule has 3 aliphatic heterocycles. The minimum atomic E-state index is -1.98. The molecular weight excluding hydrogens is 999 g/mol. The Hall–Kier alpha value is -1.73. The van der Waals surface area contributed by atoms with E-state index in [4.69, 9.17) is 28.4 Å². The van der Waals surface area contributed by atoms with Gasteiger partial charge in [0.1, 0.15) is 73.2 Å². The summed E-state index contributed by atoms with van der Waals surface area (Å²) >= 11 is 0. The highest BCUT2D eigenvalue weighted by atomic mass is 16.8. The maximum Gasteiger partial charge on any atom is 0.220 e. The zero-order chi connectivity index (χ0) is 56.2. The highest BCUT2D eigenvalue weighted by Gasteiger charge is 2.53. The first-order chi connectivity index (χ1) is 37.3. The number of nitrogens with one attached hydrogen (secondary N) is 1. The minimum Gasteiger partial charge on any atom is -0.394 e. The van der Waals surface area contributed by atoms with Gasteiger partial charge in [-0.1, -0.05) is 179 Å². The normalized spacial score (nSPS) is 30.8. The third-order valence-electron chi connectivity index (χ3n) is 15.2. The smallest absolute Gasteiger partial charge is 0.220 e. The number of allylic oxidation sites excluding steroid dienone is 3. The van der Waals surface area contributed by atoms with E-state index in [1.165, 1.54) is 122 Å².